The second kappa shape index (κ2) is 6.45. The molecule has 0 amide bonds. The number of hydrogen-bond donors (Lipinski definition) is 0. The minimum absolute atomic E-state index is 0.0554. The van der Waals surface area contributed by atoms with Crippen molar-refractivity contribution >= 4 is 28.1 Å². The number of nitrogens with zero attached hydrogens (tertiary/aromatic N) is 5. The molecule has 0 N–H and O–H groups in total. The normalized spacial score (nSPS) is 11.3. The molecule has 0 saturated carbocycles. The zero-order valence-electron chi connectivity index (χ0n) is 13.7. The third-order valence-electron chi connectivity index (χ3n) is 3.85. The first kappa shape index (κ1) is 16.0. The van der Waals surface area contributed by atoms with Gasteiger partial charge in [0.05, 0.1) is 5.69 Å². The van der Waals surface area contributed by atoms with Gasteiger partial charge in [-0.25, -0.2) is 4.98 Å². The number of thiazole rings is 1. The van der Waals surface area contributed by atoms with Crippen LogP contribution in [0.1, 0.15) is 11.3 Å². The maximum atomic E-state index is 12.0. The van der Waals surface area contributed by atoms with Crippen molar-refractivity contribution < 1.29 is 0 Å². The van der Waals surface area contributed by atoms with E-state index in [0.29, 0.717) is 10.7 Å². The van der Waals surface area contributed by atoms with E-state index in [1.165, 1.54) is 28.7 Å². The van der Waals surface area contributed by atoms with E-state index in [4.69, 9.17) is 0 Å². The van der Waals surface area contributed by atoms with Crippen molar-refractivity contribution in [3.05, 3.63) is 63.5 Å². The molecule has 0 unspecified atom stereocenters. The van der Waals surface area contributed by atoms with Crippen LogP contribution in [-0.4, -0.2) is 24.1 Å². The van der Waals surface area contributed by atoms with Crippen LogP contribution in [0.4, 0.5) is 0 Å². The van der Waals surface area contributed by atoms with Gasteiger partial charge in [0.2, 0.25) is 0 Å². The second-order valence-electron chi connectivity index (χ2n) is 5.66. The molecule has 4 rings (SSSR count). The van der Waals surface area contributed by atoms with Crippen LogP contribution in [0.5, 0.6) is 0 Å². The molecule has 0 fully saturated rings. The molecule has 0 radical (unpaired) electrons. The summed E-state index contributed by atoms with van der Waals surface area (Å²) in [4.78, 5) is 17.3. The Morgan fingerprint density at radius 1 is 1.20 bits per heavy atom. The van der Waals surface area contributed by atoms with Gasteiger partial charge in [-0.1, -0.05) is 41.6 Å². The highest BCUT2D eigenvalue weighted by Crippen LogP contribution is 2.25. The summed E-state index contributed by atoms with van der Waals surface area (Å²) in [7, 11) is 1.95. The minimum atomic E-state index is -0.0554. The quantitative estimate of drug-likeness (QED) is 0.517. The lowest BCUT2D eigenvalue weighted by atomic mass is 10.1. The number of aromatic nitrogens is 5. The van der Waals surface area contributed by atoms with E-state index in [-0.39, 0.29) is 5.56 Å². The van der Waals surface area contributed by atoms with Crippen LogP contribution in [-0.2, 0) is 12.8 Å². The van der Waals surface area contributed by atoms with Crippen LogP contribution < -0.4 is 5.56 Å². The lowest BCUT2D eigenvalue weighted by Gasteiger charge is -2.04. The van der Waals surface area contributed by atoms with Gasteiger partial charge in [-0.3, -0.25) is 9.20 Å². The van der Waals surface area contributed by atoms with Crippen molar-refractivity contribution in [2.24, 2.45) is 7.05 Å². The molecule has 0 saturated heterocycles. The van der Waals surface area contributed by atoms with E-state index in [2.05, 4.69) is 34.2 Å². The maximum Gasteiger partial charge on any atom is 0.258 e. The molecular formula is C17H15N5OS2. The topological polar surface area (TPSA) is 65.1 Å². The minimum Gasteiger partial charge on any atom is -0.305 e. The van der Waals surface area contributed by atoms with Crippen molar-refractivity contribution in [3.8, 4) is 11.4 Å². The first-order valence-electron chi connectivity index (χ1n) is 7.67. The van der Waals surface area contributed by atoms with Gasteiger partial charge < -0.3 is 4.57 Å². The summed E-state index contributed by atoms with van der Waals surface area (Å²) in [6.45, 7) is 2.06. The summed E-state index contributed by atoms with van der Waals surface area (Å²) in [5.74, 6) is 1.40. The predicted molar refractivity (Wildman–Crippen MR) is 100 cm³/mol. The van der Waals surface area contributed by atoms with Crippen LogP contribution in [0.3, 0.4) is 0 Å². The van der Waals surface area contributed by atoms with E-state index >= 15 is 0 Å². The Morgan fingerprint density at radius 3 is 2.80 bits per heavy atom. The molecule has 8 heteroatoms. The molecule has 3 aromatic heterocycles. The van der Waals surface area contributed by atoms with Crippen LogP contribution in [0.25, 0.3) is 16.3 Å². The van der Waals surface area contributed by atoms with Crippen molar-refractivity contribution in [3.63, 3.8) is 0 Å². The number of rotatable bonds is 4. The van der Waals surface area contributed by atoms with Crippen LogP contribution in [0.15, 0.2) is 51.9 Å². The van der Waals surface area contributed by atoms with E-state index in [9.17, 15) is 4.79 Å². The molecule has 126 valence electrons. The molecule has 0 aliphatic carbocycles. The Morgan fingerprint density at radius 2 is 2.00 bits per heavy atom. The van der Waals surface area contributed by atoms with E-state index in [0.717, 1.165) is 22.2 Å². The van der Waals surface area contributed by atoms with E-state index in [1.807, 2.05) is 29.1 Å². The molecule has 0 bridgehead atoms. The molecule has 1 aromatic carbocycles. The van der Waals surface area contributed by atoms with Crippen molar-refractivity contribution in [2.75, 3.05) is 0 Å². The largest absolute Gasteiger partial charge is 0.305 e. The molecule has 3 heterocycles. The van der Waals surface area contributed by atoms with Crippen molar-refractivity contribution in [1.29, 1.82) is 0 Å². The van der Waals surface area contributed by atoms with Gasteiger partial charge >= 0.3 is 0 Å². The second-order valence-corrected chi connectivity index (χ2v) is 7.48. The maximum absolute atomic E-state index is 12.0. The summed E-state index contributed by atoms with van der Waals surface area (Å²) in [6.07, 6.45) is 1.74. The molecule has 6 nitrogen and oxygen atoms in total. The van der Waals surface area contributed by atoms with Crippen LogP contribution >= 0.6 is 23.1 Å². The van der Waals surface area contributed by atoms with Gasteiger partial charge in [-0.05, 0) is 6.92 Å². The number of benzene rings is 1. The van der Waals surface area contributed by atoms with Gasteiger partial charge in [-0.15, -0.1) is 21.5 Å². The fourth-order valence-corrected chi connectivity index (χ4v) is 4.04. The van der Waals surface area contributed by atoms with Crippen LogP contribution in [0.2, 0.25) is 0 Å². The Kier molecular flexibility index (Phi) is 4.14. The SMILES string of the molecule is Cc1ccc(-c2nnc(SCc3cc(=O)n4ccsc4n3)n2C)cc1. The zero-order valence-corrected chi connectivity index (χ0v) is 15.3. The third kappa shape index (κ3) is 3.10. The number of hydrogen-bond acceptors (Lipinski definition) is 6. The summed E-state index contributed by atoms with van der Waals surface area (Å²) >= 11 is 2.97. The summed E-state index contributed by atoms with van der Waals surface area (Å²) < 4.78 is 3.52. The zero-order chi connectivity index (χ0) is 17.4. The van der Waals surface area contributed by atoms with Crippen molar-refractivity contribution in [1.82, 2.24) is 24.1 Å². The van der Waals surface area contributed by atoms with Gasteiger partial charge in [0.1, 0.15) is 0 Å². The third-order valence-corrected chi connectivity index (χ3v) is 5.66. The fraction of sp³-hybridized carbons (Fsp3) is 0.176. The first-order valence-corrected chi connectivity index (χ1v) is 9.53. The predicted octanol–water partition coefficient (Wildman–Crippen LogP) is 3.15. The molecule has 0 aliphatic heterocycles. The average molecular weight is 369 g/mol. The molecule has 0 aliphatic rings. The summed E-state index contributed by atoms with van der Waals surface area (Å²) in [5, 5.41) is 11.2. The number of thioether (sulfide) groups is 1. The van der Waals surface area contributed by atoms with Gasteiger partial charge in [0.25, 0.3) is 5.56 Å². The first-order chi connectivity index (χ1) is 12.1. The molecule has 4 aromatic rings. The van der Waals surface area contributed by atoms with E-state index < -0.39 is 0 Å². The average Bonchev–Trinajstić information content (AvgIpc) is 3.21. The Balaban J connectivity index is 1.56. The fourth-order valence-electron chi connectivity index (χ4n) is 2.49. The highest BCUT2D eigenvalue weighted by molar-refractivity contribution is 7.98. The number of aryl methyl sites for hydroxylation is 1. The standard InChI is InChI=1S/C17H15N5OS2/c1-11-3-5-12(6-4-11)15-19-20-17(21(15)2)25-10-13-9-14(23)22-7-8-24-16(22)18-13/h3-9H,10H2,1-2H3. The lowest BCUT2D eigenvalue weighted by molar-refractivity contribution is 0.793. The monoisotopic (exact) mass is 369 g/mol. The Bertz CT molecular complexity index is 1090. The van der Waals surface area contributed by atoms with Gasteiger partial charge in [0, 0.05) is 36.0 Å². The van der Waals surface area contributed by atoms with Gasteiger partial charge in [0.15, 0.2) is 15.9 Å². The highest BCUT2D eigenvalue weighted by atomic mass is 32.2. The molecule has 0 spiro atoms. The van der Waals surface area contributed by atoms with Crippen molar-refractivity contribution in [2.45, 2.75) is 17.8 Å². The van der Waals surface area contributed by atoms with E-state index in [1.54, 1.807) is 16.7 Å². The molecular weight excluding hydrogens is 354 g/mol. The molecule has 0 atom stereocenters. The van der Waals surface area contributed by atoms with Gasteiger partial charge in [-0.2, -0.15) is 0 Å². The Labute approximate surface area is 152 Å². The highest BCUT2D eigenvalue weighted by Gasteiger charge is 2.12. The smallest absolute Gasteiger partial charge is 0.258 e. The van der Waals surface area contributed by atoms with Crippen LogP contribution in [0, 0.1) is 6.92 Å². The Hall–Kier alpha value is -2.45. The molecule has 25 heavy (non-hydrogen) atoms. The summed E-state index contributed by atoms with van der Waals surface area (Å²) in [5.41, 5.74) is 2.93. The lowest BCUT2D eigenvalue weighted by Crippen LogP contribution is -2.12. The number of fused-ring (bicyclic) bond motifs is 1. The summed E-state index contributed by atoms with van der Waals surface area (Å²) in [6, 6.07) is 9.78.